The van der Waals surface area contributed by atoms with Crippen LogP contribution in [0, 0.1) is 0 Å². The third-order valence-electron chi connectivity index (χ3n) is 4.00. The summed E-state index contributed by atoms with van der Waals surface area (Å²) in [6, 6.07) is 0. The molecule has 0 saturated carbocycles. The molecule has 184 valence electrons. The van der Waals surface area contributed by atoms with Crippen molar-refractivity contribution in [2.24, 2.45) is 0 Å². The van der Waals surface area contributed by atoms with Crippen LogP contribution in [0.5, 0.6) is 0 Å². The number of aliphatic hydroxyl groups is 2. The summed E-state index contributed by atoms with van der Waals surface area (Å²) in [5.41, 5.74) is -4.36. The summed E-state index contributed by atoms with van der Waals surface area (Å²) in [6.45, 7) is -1.65. The number of hydrogen-bond acceptors (Lipinski definition) is 12. The fraction of sp³-hybridized carbons (Fsp3) is 0.636. The number of H-pyrrole nitrogens is 2. The Morgan fingerprint density at radius 3 is 2.25 bits per heavy atom. The van der Waals surface area contributed by atoms with Gasteiger partial charge in [-0.05, 0) is 0 Å². The van der Waals surface area contributed by atoms with E-state index in [1.165, 1.54) is 0 Å². The van der Waals surface area contributed by atoms with Gasteiger partial charge in [0.25, 0.3) is 5.56 Å². The highest BCUT2D eigenvalue weighted by atomic mass is 31.3. The molecule has 2 heterocycles. The van der Waals surface area contributed by atoms with Crippen molar-refractivity contribution in [1.29, 1.82) is 0 Å². The molecule has 0 aromatic carbocycles. The van der Waals surface area contributed by atoms with Gasteiger partial charge in [-0.1, -0.05) is 0 Å². The molecule has 0 bridgehead atoms. The number of phosphoric ester groups is 1. The number of nitrogens with one attached hydrogen (secondary N) is 2. The number of ether oxygens (including phenoxy) is 2. The van der Waals surface area contributed by atoms with Crippen LogP contribution in [0.3, 0.4) is 0 Å². The van der Waals surface area contributed by atoms with Crippen molar-refractivity contribution < 1.29 is 66.1 Å². The van der Waals surface area contributed by atoms with Crippen LogP contribution in [-0.2, 0) is 41.9 Å². The monoisotopic (exact) mass is 528 g/mol. The van der Waals surface area contributed by atoms with Crippen molar-refractivity contribution in [2.45, 2.75) is 23.9 Å². The van der Waals surface area contributed by atoms with E-state index in [4.69, 9.17) is 24.2 Å². The van der Waals surface area contributed by atoms with E-state index in [-0.39, 0.29) is 5.56 Å². The summed E-state index contributed by atoms with van der Waals surface area (Å²) >= 11 is 0. The Balaban J connectivity index is 2.22. The zero-order chi connectivity index (χ0) is 24.5. The average molecular weight is 528 g/mol. The third-order valence-corrected chi connectivity index (χ3v) is 7.80. The zero-order valence-corrected chi connectivity index (χ0v) is 18.5. The Morgan fingerprint density at radius 1 is 1.09 bits per heavy atom. The molecular weight excluding hydrogens is 509 g/mol. The molecule has 6 atom stereocenters. The topological polar surface area (TPSA) is 284 Å². The summed E-state index contributed by atoms with van der Waals surface area (Å²) in [5.74, 6) is 0. The fourth-order valence-electron chi connectivity index (χ4n) is 2.85. The van der Waals surface area contributed by atoms with Crippen LogP contribution in [0.4, 0.5) is 0 Å². The number of methoxy groups -OCH3 is 1. The van der Waals surface area contributed by atoms with E-state index < -0.39 is 71.8 Å². The first kappa shape index (κ1) is 27.2. The molecular formula is C11H19N2O16P3. The van der Waals surface area contributed by atoms with Crippen molar-refractivity contribution in [1.82, 2.24) is 9.97 Å². The summed E-state index contributed by atoms with van der Waals surface area (Å²) < 4.78 is 55.7. The van der Waals surface area contributed by atoms with Crippen LogP contribution in [0.15, 0.2) is 15.8 Å². The number of hydrogen-bond donors (Lipinski definition) is 8. The Bertz CT molecular complexity index is 1080. The lowest BCUT2D eigenvalue weighted by molar-refractivity contribution is -0.131. The lowest BCUT2D eigenvalue weighted by Gasteiger charge is -2.30. The van der Waals surface area contributed by atoms with E-state index in [1.54, 1.807) is 0 Å². The molecule has 1 aromatic heterocycles. The first-order valence-electron chi connectivity index (χ1n) is 8.16. The molecule has 1 aromatic rings. The minimum Gasteiger partial charge on any atom is -0.387 e. The van der Waals surface area contributed by atoms with Crippen LogP contribution in [-0.4, -0.2) is 78.4 Å². The molecule has 1 aliphatic heterocycles. The molecule has 0 radical (unpaired) electrons. The van der Waals surface area contributed by atoms with Gasteiger partial charge in [-0.25, -0.2) is 18.5 Å². The summed E-state index contributed by atoms with van der Waals surface area (Å²) in [7, 11) is -15.8. The van der Waals surface area contributed by atoms with Crippen LogP contribution in [0.25, 0.3) is 0 Å². The quantitative estimate of drug-likeness (QED) is 0.144. The molecule has 32 heavy (non-hydrogen) atoms. The van der Waals surface area contributed by atoms with Crippen LogP contribution >= 0.6 is 23.5 Å². The summed E-state index contributed by atoms with van der Waals surface area (Å²) in [4.78, 5) is 63.1. The maximum absolute atomic E-state index is 12.2. The SMILES string of the molecule is COC[C@@]1(c2c[nH]c(=O)[nH]c2=O)O[C@H](COP(=O)(O)OP(=O)(O)OP(=O)(O)O)[C@@H](O)[C@H]1O. The van der Waals surface area contributed by atoms with Crippen LogP contribution in [0.2, 0.25) is 0 Å². The Morgan fingerprint density at radius 2 is 1.72 bits per heavy atom. The minimum absolute atomic E-state index is 0.383. The zero-order valence-electron chi connectivity index (χ0n) is 15.8. The molecule has 1 fully saturated rings. The highest BCUT2D eigenvalue weighted by molar-refractivity contribution is 7.66. The molecule has 0 spiro atoms. The first-order chi connectivity index (χ1) is 14.5. The van der Waals surface area contributed by atoms with E-state index in [0.29, 0.717) is 0 Å². The fourth-order valence-corrected chi connectivity index (χ4v) is 5.88. The second-order valence-corrected chi connectivity index (χ2v) is 10.7. The number of aromatic nitrogens is 2. The maximum atomic E-state index is 12.2. The highest BCUT2D eigenvalue weighted by Gasteiger charge is 2.57. The molecule has 8 N–H and O–H groups in total. The van der Waals surface area contributed by atoms with Crippen molar-refractivity contribution in [2.75, 3.05) is 20.3 Å². The maximum Gasteiger partial charge on any atom is 0.490 e. The number of aliphatic hydroxyl groups excluding tert-OH is 2. The van der Waals surface area contributed by atoms with E-state index >= 15 is 0 Å². The number of aromatic amines is 2. The van der Waals surface area contributed by atoms with Crippen LogP contribution < -0.4 is 11.2 Å². The van der Waals surface area contributed by atoms with Gasteiger partial charge >= 0.3 is 29.2 Å². The van der Waals surface area contributed by atoms with Gasteiger partial charge in [-0.2, -0.15) is 8.62 Å². The van der Waals surface area contributed by atoms with Gasteiger partial charge in [-0.15, -0.1) is 0 Å². The smallest absolute Gasteiger partial charge is 0.387 e. The minimum atomic E-state index is -5.77. The van der Waals surface area contributed by atoms with Crippen molar-refractivity contribution >= 4 is 23.5 Å². The predicted octanol–water partition coefficient (Wildman–Crippen LogP) is -2.63. The van der Waals surface area contributed by atoms with Crippen molar-refractivity contribution in [3.05, 3.63) is 32.6 Å². The molecule has 18 nitrogen and oxygen atoms in total. The molecule has 21 heteroatoms. The normalized spacial score (nSPS) is 30.0. The van der Waals surface area contributed by atoms with Gasteiger partial charge in [-0.3, -0.25) is 14.3 Å². The third kappa shape index (κ3) is 6.50. The molecule has 2 unspecified atom stereocenters. The standard InChI is InChI=1S/C11H19N2O16P3/c1-25-4-11(5-2-12-10(17)13-9(5)16)8(15)7(14)6(27-11)3-26-31(21,22)29-32(23,24)28-30(18,19)20/h2,6-8,14-15H,3-4H2,1H3,(H,21,22)(H,23,24)(H2,18,19,20)(H2,12,13,16,17)/t6-,7-,8-,11+/m1/s1. The van der Waals surface area contributed by atoms with Gasteiger partial charge in [0, 0.05) is 13.3 Å². The Kier molecular flexibility index (Phi) is 8.20. The first-order valence-corrected chi connectivity index (χ1v) is 12.7. The lowest BCUT2D eigenvalue weighted by Crippen LogP contribution is -2.48. The van der Waals surface area contributed by atoms with E-state index in [1.807, 2.05) is 4.98 Å². The molecule has 2 rings (SSSR count). The van der Waals surface area contributed by atoms with Crippen LogP contribution in [0.1, 0.15) is 5.56 Å². The van der Waals surface area contributed by atoms with Gasteiger partial charge in [0.1, 0.15) is 18.3 Å². The summed E-state index contributed by atoms with van der Waals surface area (Å²) in [5, 5.41) is 20.8. The molecule has 1 saturated heterocycles. The lowest BCUT2D eigenvalue weighted by atomic mass is 9.89. The van der Waals surface area contributed by atoms with E-state index in [9.17, 15) is 38.4 Å². The average Bonchev–Trinajstić information content (AvgIpc) is 2.83. The molecule has 1 aliphatic rings. The van der Waals surface area contributed by atoms with Crippen molar-refractivity contribution in [3.63, 3.8) is 0 Å². The Labute approximate surface area is 177 Å². The molecule has 0 aliphatic carbocycles. The van der Waals surface area contributed by atoms with Gasteiger partial charge in [0.15, 0.2) is 5.60 Å². The number of phosphoric acid groups is 3. The Hall–Kier alpha value is -1.07. The van der Waals surface area contributed by atoms with Gasteiger partial charge < -0.3 is 44.2 Å². The van der Waals surface area contributed by atoms with Crippen molar-refractivity contribution in [3.8, 4) is 0 Å². The predicted molar refractivity (Wildman–Crippen MR) is 97.9 cm³/mol. The highest BCUT2D eigenvalue weighted by Crippen LogP contribution is 2.66. The summed E-state index contributed by atoms with van der Waals surface area (Å²) in [6.07, 6.45) is -4.56. The molecule has 0 amide bonds. The largest absolute Gasteiger partial charge is 0.490 e. The van der Waals surface area contributed by atoms with E-state index in [2.05, 4.69) is 18.1 Å². The van der Waals surface area contributed by atoms with Gasteiger partial charge in [0.2, 0.25) is 0 Å². The second-order valence-electron chi connectivity index (χ2n) is 6.29. The van der Waals surface area contributed by atoms with E-state index in [0.717, 1.165) is 13.3 Å². The van der Waals surface area contributed by atoms with Gasteiger partial charge in [0.05, 0.1) is 18.8 Å². The second kappa shape index (κ2) is 9.66. The number of rotatable bonds is 10.